The lowest BCUT2D eigenvalue weighted by atomic mass is 9.96. The van der Waals surface area contributed by atoms with Crippen LogP contribution in [0.2, 0.25) is 5.02 Å². The van der Waals surface area contributed by atoms with E-state index in [4.69, 9.17) is 21.3 Å². The molecule has 2 aromatic heterocycles. The van der Waals surface area contributed by atoms with Gasteiger partial charge in [0.1, 0.15) is 0 Å². The van der Waals surface area contributed by atoms with E-state index in [0.29, 0.717) is 32.2 Å². The van der Waals surface area contributed by atoms with Crippen LogP contribution in [0.1, 0.15) is 36.6 Å². The summed E-state index contributed by atoms with van der Waals surface area (Å²) in [4.78, 5) is 32.4. The van der Waals surface area contributed by atoms with Gasteiger partial charge in [-0.15, -0.1) is 0 Å². The molecule has 3 heterocycles. The standard InChI is InChI=1S/C32H25BrClN3O3S/c1-3-40-31(39)28-19(2)35-32-37(29(28)20-12-14-23(33)15-13-20)30(38)27(41-32)16-22-18-36(26-11-7-5-9-24(22)26)17-21-8-4-6-10-25(21)34/h4-16,18,29H,3,17H2,1-2H3. The number of rotatable bonds is 6. The van der Waals surface area contributed by atoms with Crippen LogP contribution < -0.4 is 14.9 Å². The summed E-state index contributed by atoms with van der Waals surface area (Å²) < 4.78 is 10.6. The van der Waals surface area contributed by atoms with E-state index in [0.717, 1.165) is 32.1 Å². The minimum atomic E-state index is -0.651. The SMILES string of the molecule is CCOC(=O)C1=C(C)N=c2sc(=Cc3cn(Cc4ccccc4Cl)c4ccccc34)c(=O)n2C1c1ccc(Br)cc1. The highest BCUT2D eigenvalue weighted by Crippen LogP contribution is 2.31. The highest BCUT2D eigenvalue weighted by Gasteiger charge is 2.33. The molecule has 1 aliphatic rings. The Labute approximate surface area is 253 Å². The number of para-hydroxylation sites is 1. The molecule has 0 amide bonds. The van der Waals surface area contributed by atoms with E-state index >= 15 is 0 Å². The van der Waals surface area contributed by atoms with Crippen LogP contribution in [-0.4, -0.2) is 21.7 Å². The van der Waals surface area contributed by atoms with Crippen molar-refractivity contribution in [3.63, 3.8) is 0 Å². The van der Waals surface area contributed by atoms with E-state index in [1.807, 2.05) is 72.9 Å². The average molecular weight is 647 g/mol. The van der Waals surface area contributed by atoms with Crippen LogP contribution in [0.25, 0.3) is 17.0 Å². The van der Waals surface area contributed by atoms with Crippen molar-refractivity contribution < 1.29 is 9.53 Å². The Morgan fingerprint density at radius 2 is 1.83 bits per heavy atom. The molecule has 0 N–H and O–H groups in total. The summed E-state index contributed by atoms with van der Waals surface area (Å²) >= 11 is 11.3. The smallest absolute Gasteiger partial charge is 0.338 e. The Bertz CT molecular complexity index is 2020. The van der Waals surface area contributed by atoms with Crippen LogP contribution in [0.15, 0.2) is 105 Å². The summed E-state index contributed by atoms with van der Waals surface area (Å²) in [7, 11) is 0. The van der Waals surface area contributed by atoms with E-state index in [9.17, 15) is 9.59 Å². The van der Waals surface area contributed by atoms with Gasteiger partial charge < -0.3 is 9.30 Å². The number of hydrogen-bond acceptors (Lipinski definition) is 5. The molecular weight excluding hydrogens is 622 g/mol. The van der Waals surface area contributed by atoms with E-state index in [2.05, 4.69) is 32.6 Å². The number of aromatic nitrogens is 2. The Hall–Kier alpha value is -3.72. The lowest BCUT2D eigenvalue weighted by molar-refractivity contribution is -0.139. The minimum Gasteiger partial charge on any atom is -0.463 e. The van der Waals surface area contributed by atoms with Crippen LogP contribution >= 0.6 is 38.9 Å². The molecule has 1 aliphatic heterocycles. The normalized spacial score (nSPS) is 15.2. The molecule has 41 heavy (non-hydrogen) atoms. The first-order valence-electron chi connectivity index (χ1n) is 13.1. The average Bonchev–Trinajstić information content (AvgIpc) is 3.46. The maximum Gasteiger partial charge on any atom is 0.338 e. The van der Waals surface area contributed by atoms with Gasteiger partial charge in [0.25, 0.3) is 5.56 Å². The second-order valence-electron chi connectivity index (χ2n) is 9.67. The lowest BCUT2D eigenvalue weighted by Gasteiger charge is -2.24. The first-order chi connectivity index (χ1) is 19.9. The molecule has 0 radical (unpaired) electrons. The fourth-order valence-corrected chi connectivity index (χ4v) is 6.72. The minimum absolute atomic E-state index is 0.209. The molecular formula is C32H25BrClN3O3S. The Morgan fingerprint density at radius 1 is 1.10 bits per heavy atom. The van der Waals surface area contributed by atoms with Gasteiger partial charge in [-0.2, -0.15) is 0 Å². The molecule has 0 aliphatic carbocycles. The van der Waals surface area contributed by atoms with Gasteiger partial charge in [-0.3, -0.25) is 9.36 Å². The van der Waals surface area contributed by atoms with Crippen LogP contribution in [0.4, 0.5) is 0 Å². The summed E-state index contributed by atoms with van der Waals surface area (Å²) in [5.74, 6) is -0.474. The van der Waals surface area contributed by atoms with Crippen molar-refractivity contribution in [2.45, 2.75) is 26.4 Å². The van der Waals surface area contributed by atoms with Crippen molar-refractivity contribution in [1.82, 2.24) is 9.13 Å². The number of thiazole rings is 1. The number of allylic oxidation sites excluding steroid dienone is 1. The van der Waals surface area contributed by atoms with Crippen molar-refractivity contribution in [2.24, 2.45) is 4.99 Å². The van der Waals surface area contributed by atoms with E-state index < -0.39 is 12.0 Å². The Morgan fingerprint density at radius 3 is 2.59 bits per heavy atom. The molecule has 1 atom stereocenters. The second kappa shape index (κ2) is 11.3. The summed E-state index contributed by atoms with van der Waals surface area (Å²) in [6.45, 7) is 4.38. The number of esters is 1. The molecule has 5 aromatic rings. The molecule has 0 fully saturated rings. The molecule has 0 bridgehead atoms. The zero-order chi connectivity index (χ0) is 28.7. The molecule has 6 nitrogen and oxygen atoms in total. The van der Waals surface area contributed by atoms with E-state index in [1.165, 1.54) is 11.3 Å². The molecule has 0 spiro atoms. The number of halogens is 2. The Balaban J connectivity index is 1.52. The summed E-state index contributed by atoms with van der Waals surface area (Å²) in [5, 5.41) is 1.74. The van der Waals surface area contributed by atoms with Gasteiger partial charge in [0.05, 0.1) is 28.5 Å². The van der Waals surface area contributed by atoms with Gasteiger partial charge in [0.2, 0.25) is 0 Å². The maximum atomic E-state index is 14.1. The quantitative estimate of drug-likeness (QED) is 0.206. The van der Waals surface area contributed by atoms with Gasteiger partial charge in [-0.1, -0.05) is 87.4 Å². The van der Waals surface area contributed by atoms with Gasteiger partial charge in [-0.05, 0) is 55.3 Å². The second-order valence-corrected chi connectivity index (χ2v) is 12.0. The van der Waals surface area contributed by atoms with Crippen molar-refractivity contribution in [3.05, 3.63) is 136 Å². The van der Waals surface area contributed by atoms with Gasteiger partial charge in [0.15, 0.2) is 4.80 Å². The molecule has 206 valence electrons. The van der Waals surface area contributed by atoms with Gasteiger partial charge >= 0.3 is 5.97 Å². The van der Waals surface area contributed by atoms with Gasteiger partial charge in [-0.25, -0.2) is 9.79 Å². The fourth-order valence-electron chi connectivity index (χ4n) is 5.22. The number of fused-ring (bicyclic) bond motifs is 2. The van der Waals surface area contributed by atoms with Crippen LogP contribution in [0.3, 0.4) is 0 Å². The highest BCUT2D eigenvalue weighted by molar-refractivity contribution is 9.10. The predicted octanol–water partition coefficient (Wildman–Crippen LogP) is 6.22. The Kier molecular flexibility index (Phi) is 7.55. The molecule has 6 rings (SSSR count). The third-order valence-electron chi connectivity index (χ3n) is 7.11. The van der Waals surface area contributed by atoms with Crippen molar-refractivity contribution in [3.8, 4) is 0 Å². The number of carbonyl (C=O) groups excluding carboxylic acids is 1. The van der Waals surface area contributed by atoms with Crippen LogP contribution in [0.5, 0.6) is 0 Å². The largest absolute Gasteiger partial charge is 0.463 e. The first kappa shape index (κ1) is 27.4. The zero-order valence-corrected chi connectivity index (χ0v) is 25.5. The topological polar surface area (TPSA) is 65.6 Å². The summed E-state index contributed by atoms with van der Waals surface area (Å²) in [6, 6.07) is 22.9. The number of hydrogen-bond donors (Lipinski definition) is 0. The maximum absolute atomic E-state index is 14.1. The van der Waals surface area contributed by atoms with Crippen LogP contribution in [0, 0.1) is 0 Å². The monoisotopic (exact) mass is 645 g/mol. The highest BCUT2D eigenvalue weighted by atomic mass is 79.9. The van der Waals surface area contributed by atoms with E-state index in [1.54, 1.807) is 18.4 Å². The first-order valence-corrected chi connectivity index (χ1v) is 15.1. The van der Waals surface area contributed by atoms with Crippen molar-refractivity contribution in [2.75, 3.05) is 6.61 Å². The van der Waals surface area contributed by atoms with Crippen molar-refractivity contribution >= 4 is 61.8 Å². The molecule has 0 saturated carbocycles. The van der Waals surface area contributed by atoms with Gasteiger partial charge in [0, 0.05) is 38.7 Å². The fraction of sp³-hybridized carbons (Fsp3) is 0.156. The zero-order valence-electron chi connectivity index (χ0n) is 22.3. The number of benzene rings is 3. The summed E-state index contributed by atoms with van der Waals surface area (Å²) in [6.07, 6.45) is 3.96. The molecule has 0 saturated heterocycles. The molecule has 3 aromatic carbocycles. The third kappa shape index (κ3) is 5.12. The summed E-state index contributed by atoms with van der Waals surface area (Å²) in [5.41, 5.74) is 4.47. The third-order valence-corrected chi connectivity index (χ3v) is 8.99. The molecule has 1 unspecified atom stereocenters. The van der Waals surface area contributed by atoms with Crippen LogP contribution in [-0.2, 0) is 16.1 Å². The van der Waals surface area contributed by atoms with E-state index in [-0.39, 0.29) is 12.2 Å². The molecule has 9 heteroatoms. The number of carbonyl (C=O) groups is 1. The lowest BCUT2D eigenvalue weighted by Crippen LogP contribution is -2.39. The number of ether oxygens (including phenoxy) is 1. The predicted molar refractivity (Wildman–Crippen MR) is 167 cm³/mol. The van der Waals surface area contributed by atoms with Crippen molar-refractivity contribution in [1.29, 1.82) is 0 Å². The number of nitrogens with zero attached hydrogens (tertiary/aromatic N) is 3.